The molecule has 4 heterocycles. The monoisotopic (exact) mass is 699 g/mol. The number of nitrogens with zero attached hydrogens (tertiary/aromatic N) is 5. The van der Waals surface area contributed by atoms with E-state index in [0.717, 1.165) is 27.7 Å². The van der Waals surface area contributed by atoms with Gasteiger partial charge in [-0.15, -0.1) is 11.8 Å². The zero-order valence-corrected chi connectivity index (χ0v) is 27.9. The van der Waals surface area contributed by atoms with Crippen LogP contribution in [0.4, 0.5) is 5.13 Å². The van der Waals surface area contributed by atoms with E-state index < -0.39 is 35.3 Å². The maximum Gasteiger partial charge on any atom is 0.356 e. The first kappa shape index (κ1) is 32.9. The summed E-state index contributed by atoms with van der Waals surface area (Å²) < 4.78 is 10.3. The topological polar surface area (TPSA) is 162 Å². The molecule has 2 aliphatic rings. The second-order valence-electron chi connectivity index (χ2n) is 10.2. The smallest absolute Gasteiger partial charge is 0.356 e. The molecule has 2 aliphatic heterocycles. The van der Waals surface area contributed by atoms with Crippen LogP contribution >= 0.6 is 35.1 Å². The number of oxime groups is 1. The first-order valence-electron chi connectivity index (χ1n) is 14.8. The Balaban J connectivity index is 1.29. The van der Waals surface area contributed by atoms with Gasteiger partial charge in [0.05, 0.1) is 0 Å². The molecule has 0 bridgehead atoms. The minimum atomic E-state index is -0.958. The van der Waals surface area contributed by atoms with Crippen molar-refractivity contribution in [3.8, 4) is 0 Å². The highest BCUT2D eigenvalue weighted by molar-refractivity contribution is 8.02. The van der Waals surface area contributed by atoms with Crippen molar-refractivity contribution in [2.75, 3.05) is 18.1 Å². The molecule has 2 amide bonds. The Morgan fingerprint density at radius 1 is 1.10 bits per heavy atom. The van der Waals surface area contributed by atoms with Crippen molar-refractivity contribution < 1.29 is 24.0 Å². The Labute approximate surface area is 288 Å². The summed E-state index contributed by atoms with van der Waals surface area (Å²) in [6.45, 7) is 1.91. The zero-order valence-electron chi connectivity index (χ0n) is 25.5. The summed E-state index contributed by atoms with van der Waals surface area (Å²) in [7, 11) is 0. The molecule has 48 heavy (non-hydrogen) atoms. The first-order chi connectivity index (χ1) is 23.4. The number of thioether (sulfide) groups is 2. The molecule has 0 spiro atoms. The quantitative estimate of drug-likeness (QED) is 0.0702. The number of aromatic nitrogens is 3. The normalized spacial score (nSPS) is 17.7. The zero-order chi connectivity index (χ0) is 33.5. The lowest BCUT2D eigenvalue weighted by Gasteiger charge is -2.49. The van der Waals surface area contributed by atoms with Gasteiger partial charge in [-0.3, -0.25) is 14.5 Å². The van der Waals surface area contributed by atoms with Gasteiger partial charge < -0.3 is 20.6 Å². The fourth-order valence-electron chi connectivity index (χ4n) is 4.96. The van der Waals surface area contributed by atoms with Crippen LogP contribution in [0.25, 0.3) is 0 Å². The average molecular weight is 700 g/mol. The van der Waals surface area contributed by atoms with Gasteiger partial charge in [0.25, 0.3) is 11.8 Å². The van der Waals surface area contributed by atoms with Crippen LogP contribution in [-0.4, -0.2) is 66.5 Å². The van der Waals surface area contributed by atoms with Gasteiger partial charge in [0, 0.05) is 23.5 Å². The summed E-state index contributed by atoms with van der Waals surface area (Å²) in [4.78, 5) is 56.2. The van der Waals surface area contributed by atoms with Crippen molar-refractivity contribution >= 4 is 63.7 Å². The van der Waals surface area contributed by atoms with Crippen molar-refractivity contribution in [3.05, 3.63) is 125 Å². The summed E-state index contributed by atoms with van der Waals surface area (Å²) in [5.41, 5.74) is 7.78. The summed E-state index contributed by atoms with van der Waals surface area (Å²) in [6, 6.07) is 23.4. The van der Waals surface area contributed by atoms with E-state index in [1.54, 1.807) is 19.2 Å². The molecule has 2 aromatic carbocycles. The van der Waals surface area contributed by atoms with E-state index in [4.69, 9.17) is 15.3 Å². The lowest BCUT2D eigenvalue weighted by molar-refractivity contribution is -0.154. The van der Waals surface area contributed by atoms with Crippen LogP contribution < -0.4 is 11.1 Å². The Kier molecular flexibility index (Phi) is 10.5. The third-order valence-corrected chi connectivity index (χ3v) is 9.76. The summed E-state index contributed by atoms with van der Waals surface area (Å²) in [6.07, 6.45) is 2.77. The van der Waals surface area contributed by atoms with Gasteiger partial charge in [-0.1, -0.05) is 83.6 Å². The molecule has 0 aliphatic carbocycles. The molecule has 1 fully saturated rings. The minimum absolute atomic E-state index is 0.0155. The summed E-state index contributed by atoms with van der Waals surface area (Å²) in [5.74, 6) is -1.50. The van der Waals surface area contributed by atoms with Gasteiger partial charge in [0.2, 0.25) is 11.5 Å². The number of ether oxygens (including phenoxy) is 1. The third-order valence-electron chi connectivity index (χ3n) is 7.16. The van der Waals surface area contributed by atoms with Crippen LogP contribution in [0.1, 0.15) is 30.0 Å². The second-order valence-corrected chi connectivity index (χ2v) is 13.1. The van der Waals surface area contributed by atoms with Crippen molar-refractivity contribution in [3.63, 3.8) is 0 Å². The lowest BCUT2D eigenvalue weighted by Crippen LogP contribution is -2.71. The Morgan fingerprint density at radius 2 is 1.81 bits per heavy atom. The third kappa shape index (κ3) is 7.27. The fourth-order valence-corrected chi connectivity index (χ4v) is 7.37. The number of anilines is 1. The van der Waals surface area contributed by atoms with Crippen LogP contribution in [0.3, 0.4) is 0 Å². The molecule has 3 N–H and O–H groups in total. The van der Waals surface area contributed by atoms with E-state index in [1.807, 2.05) is 84.3 Å². The van der Waals surface area contributed by atoms with Gasteiger partial charge in [-0.05, 0) is 47.2 Å². The van der Waals surface area contributed by atoms with Gasteiger partial charge in [0.15, 0.2) is 11.2 Å². The van der Waals surface area contributed by atoms with Gasteiger partial charge in [-0.2, -0.15) is 9.36 Å². The Bertz CT molecular complexity index is 1830. The minimum Gasteiger partial charge on any atom is -0.448 e. The van der Waals surface area contributed by atoms with E-state index in [-0.39, 0.29) is 29.0 Å². The number of nitrogen functional groups attached to an aromatic ring is 1. The maximum atomic E-state index is 14.2. The molecule has 6 rings (SSSR count). The largest absolute Gasteiger partial charge is 0.448 e. The Morgan fingerprint density at radius 3 is 2.44 bits per heavy atom. The molecule has 2 atom stereocenters. The number of nitrogens with two attached hydrogens (primary N) is 1. The van der Waals surface area contributed by atoms with Crippen molar-refractivity contribution in [1.82, 2.24) is 24.6 Å². The van der Waals surface area contributed by atoms with Crippen LogP contribution in [0.2, 0.25) is 0 Å². The number of allylic oxidation sites excluding steroid dienone is 1. The number of benzene rings is 2. The molecule has 4 aromatic rings. The maximum absolute atomic E-state index is 14.2. The van der Waals surface area contributed by atoms with Crippen molar-refractivity contribution in [2.45, 2.75) is 29.5 Å². The molecule has 1 saturated heterocycles. The van der Waals surface area contributed by atoms with E-state index in [9.17, 15) is 14.4 Å². The number of hydrogen-bond donors (Lipinski definition) is 2. The predicted octanol–water partition coefficient (Wildman–Crippen LogP) is 4.55. The molecule has 0 radical (unpaired) electrons. The van der Waals surface area contributed by atoms with E-state index >= 15 is 0 Å². The number of amides is 2. The molecule has 2 aromatic heterocycles. The van der Waals surface area contributed by atoms with Gasteiger partial charge >= 0.3 is 5.97 Å². The predicted molar refractivity (Wildman–Crippen MR) is 185 cm³/mol. The number of β-lactam (4-membered cyclic amide) rings is 1. The Hall–Kier alpha value is -4.99. The number of pyridine rings is 1. The number of fused-ring (bicyclic) bond motifs is 1. The lowest BCUT2D eigenvalue weighted by atomic mass is 10.0. The standard InChI is InChI=1S/C33H29N7O5S3/c1-2-44-38-24(28-37-33(34)48-39-28)29(41)36-25-30(42)40-26(22(19-47-31(25)40)16-18-46-23-15-9-10-17-35-23)32(43)45-27(20-11-5-3-6-12-20)21-13-7-4-8-14-21/h3-18,25,27,31H,2,19H2,1H3,(H,36,41)(H2,34,37,39)/t25?,31-/m1/s1. The molecule has 244 valence electrons. The number of esters is 1. The molecular formula is C33H29N7O5S3. The average Bonchev–Trinajstić information content (AvgIpc) is 3.56. The van der Waals surface area contributed by atoms with E-state index in [0.29, 0.717) is 11.3 Å². The first-order valence-corrected chi connectivity index (χ1v) is 17.5. The highest BCUT2D eigenvalue weighted by Crippen LogP contribution is 2.42. The fraction of sp³-hybridized carbons (Fsp3) is 0.182. The van der Waals surface area contributed by atoms with Crippen molar-refractivity contribution in [1.29, 1.82) is 0 Å². The number of hydrogen-bond acceptors (Lipinski definition) is 13. The molecular weight excluding hydrogens is 671 g/mol. The number of nitrogens with one attached hydrogen (secondary N) is 1. The van der Waals surface area contributed by atoms with Crippen LogP contribution in [0.15, 0.2) is 118 Å². The van der Waals surface area contributed by atoms with Gasteiger partial charge in [0.1, 0.15) is 28.7 Å². The molecule has 12 nitrogen and oxygen atoms in total. The molecule has 1 unspecified atom stereocenters. The van der Waals surface area contributed by atoms with E-state index in [2.05, 4.69) is 24.8 Å². The van der Waals surface area contributed by atoms with Crippen LogP contribution in [0.5, 0.6) is 0 Å². The molecule has 15 heteroatoms. The number of carbonyl (C=O) groups is 3. The highest BCUT2D eigenvalue weighted by Gasteiger charge is 2.54. The van der Waals surface area contributed by atoms with E-state index in [1.165, 1.54) is 28.4 Å². The number of rotatable bonds is 12. The molecule has 0 saturated carbocycles. The summed E-state index contributed by atoms with van der Waals surface area (Å²) in [5, 5.41) is 8.76. The highest BCUT2D eigenvalue weighted by atomic mass is 32.2. The van der Waals surface area contributed by atoms with Gasteiger partial charge in [-0.25, -0.2) is 9.78 Å². The van der Waals surface area contributed by atoms with Crippen molar-refractivity contribution in [2.24, 2.45) is 5.16 Å². The number of carbonyl (C=O) groups excluding carboxylic acids is 3. The second kappa shape index (κ2) is 15.3. The van der Waals surface area contributed by atoms with Crippen LogP contribution in [0, 0.1) is 0 Å². The van der Waals surface area contributed by atoms with Crippen LogP contribution in [-0.2, 0) is 24.0 Å². The summed E-state index contributed by atoms with van der Waals surface area (Å²) >= 11 is 3.70. The SMILES string of the molecule is CCON=C(C(=O)NC1C(=O)N2C(C(=O)OC(c3ccccc3)c3ccccc3)=C(C=CSc3ccccn3)CS[C@H]12)c1nsc(N)n1.